The van der Waals surface area contributed by atoms with Gasteiger partial charge in [-0.05, 0) is 29.8 Å². The molecule has 0 aliphatic carbocycles. The minimum atomic E-state index is -0.946. The first-order valence-electron chi connectivity index (χ1n) is 6.39. The van der Waals surface area contributed by atoms with Crippen LogP contribution in [0.3, 0.4) is 0 Å². The van der Waals surface area contributed by atoms with Gasteiger partial charge >= 0.3 is 0 Å². The highest BCUT2D eigenvalue weighted by Gasteiger charge is 2.17. The van der Waals surface area contributed by atoms with E-state index in [0.29, 0.717) is 16.0 Å². The molecule has 0 bridgehead atoms. The van der Waals surface area contributed by atoms with Gasteiger partial charge in [-0.15, -0.1) is 0 Å². The van der Waals surface area contributed by atoms with Crippen LogP contribution < -0.4 is 9.47 Å². The van der Waals surface area contributed by atoms with Crippen LogP contribution in [0.1, 0.15) is 17.2 Å². The molecule has 1 N–H and O–H groups in total. The van der Waals surface area contributed by atoms with E-state index in [4.69, 9.17) is 9.47 Å². The first kappa shape index (κ1) is 15.8. The lowest BCUT2D eigenvalue weighted by Gasteiger charge is -2.15. The van der Waals surface area contributed by atoms with Gasteiger partial charge in [0.1, 0.15) is 5.82 Å². The second-order valence-electron chi connectivity index (χ2n) is 4.54. The highest BCUT2D eigenvalue weighted by atomic mass is 79.9. The molecule has 2 rings (SSSR count). The number of benzene rings is 2. The highest BCUT2D eigenvalue weighted by Crippen LogP contribution is 2.32. The number of halogens is 2. The summed E-state index contributed by atoms with van der Waals surface area (Å²) in [6.07, 6.45) is -0.668. The van der Waals surface area contributed by atoms with Crippen LogP contribution in [-0.4, -0.2) is 19.3 Å². The van der Waals surface area contributed by atoms with Crippen LogP contribution in [0, 0.1) is 5.82 Å². The molecule has 112 valence electrons. The van der Waals surface area contributed by atoms with Crippen molar-refractivity contribution in [3.05, 3.63) is 57.8 Å². The molecule has 0 heterocycles. The molecule has 0 amide bonds. The van der Waals surface area contributed by atoms with Crippen LogP contribution in [0.2, 0.25) is 0 Å². The number of ether oxygens (including phenoxy) is 2. The van der Waals surface area contributed by atoms with E-state index in [1.807, 2.05) is 6.07 Å². The second-order valence-corrected chi connectivity index (χ2v) is 5.40. The number of methoxy groups -OCH3 is 2. The second kappa shape index (κ2) is 6.91. The Morgan fingerprint density at radius 2 is 1.86 bits per heavy atom. The van der Waals surface area contributed by atoms with Gasteiger partial charge in [-0.25, -0.2) is 4.39 Å². The molecule has 0 fully saturated rings. The topological polar surface area (TPSA) is 38.7 Å². The summed E-state index contributed by atoms with van der Waals surface area (Å²) in [5, 5.41) is 10.3. The van der Waals surface area contributed by atoms with Gasteiger partial charge < -0.3 is 14.6 Å². The lowest BCUT2D eigenvalue weighted by molar-refractivity contribution is 0.172. The van der Waals surface area contributed by atoms with Crippen molar-refractivity contribution in [3.63, 3.8) is 0 Å². The SMILES string of the molecule is COc1ccc(CC(O)c2c(F)cccc2Br)cc1OC. The average molecular weight is 355 g/mol. The van der Waals surface area contributed by atoms with Crippen LogP contribution in [0.25, 0.3) is 0 Å². The molecule has 0 radical (unpaired) electrons. The Kier molecular flexibility index (Phi) is 5.20. The molecule has 3 nitrogen and oxygen atoms in total. The quantitative estimate of drug-likeness (QED) is 0.885. The predicted octanol–water partition coefficient (Wildman–Crippen LogP) is 3.88. The van der Waals surface area contributed by atoms with Crippen LogP contribution in [-0.2, 0) is 6.42 Å². The zero-order valence-corrected chi connectivity index (χ0v) is 13.4. The van der Waals surface area contributed by atoms with Crippen molar-refractivity contribution in [3.8, 4) is 11.5 Å². The Morgan fingerprint density at radius 1 is 1.14 bits per heavy atom. The number of rotatable bonds is 5. The molecule has 0 spiro atoms. The monoisotopic (exact) mass is 354 g/mol. The third kappa shape index (κ3) is 3.54. The molecular weight excluding hydrogens is 339 g/mol. The normalized spacial score (nSPS) is 12.0. The van der Waals surface area contributed by atoms with Crippen molar-refractivity contribution in [1.82, 2.24) is 0 Å². The smallest absolute Gasteiger partial charge is 0.160 e. The Labute approximate surface area is 131 Å². The highest BCUT2D eigenvalue weighted by molar-refractivity contribution is 9.10. The van der Waals surface area contributed by atoms with Crippen molar-refractivity contribution >= 4 is 15.9 Å². The van der Waals surface area contributed by atoms with E-state index in [0.717, 1.165) is 5.56 Å². The molecule has 0 saturated carbocycles. The lowest BCUT2D eigenvalue weighted by atomic mass is 10.0. The summed E-state index contributed by atoms with van der Waals surface area (Å²) in [6, 6.07) is 9.98. The van der Waals surface area contributed by atoms with E-state index >= 15 is 0 Å². The van der Waals surface area contributed by atoms with Crippen LogP contribution >= 0.6 is 15.9 Å². The van der Waals surface area contributed by atoms with E-state index in [1.165, 1.54) is 6.07 Å². The molecule has 21 heavy (non-hydrogen) atoms. The fraction of sp³-hybridized carbons (Fsp3) is 0.250. The van der Waals surface area contributed by atoms with Gasteiger partial charge in [0.25, 0.3) is 0 Å². The lowest BCUT2D eigenvalue weighted by Crippen LogP contribution is -2.06. The minimum absolute atomic E-state index is 0.257. The zero-order valence-electron chi connectivity index (χ0n) is 11.8. The predicted molar refractivity (Wildman–Crippen MR) is 82.3 cm³/mol. The summed E-state index contributed by atoms with van der Waals surface area (Å²) in [5.41, 5.74) is 1.09. The summed E-state index contributed by atoms with van der Waals surface area (Å²) in [4.78, 5) is 0. The molecule has 0 aromatic heterocycles. The van der Waals surface area contributed by atoms with Crippen molar-refractivity contribution in [1.29, 1.82) is 0 Å². The Morgan fingerprint density at radius 3 is 2.48 bits per heavy atom. The zero-order chi connectivity index (χ0) is 15.4. The third-order valence-electron chi connectivity index (χ3n) is 3.21. The summed E-state index contributed by atoms with van der Waals surface area (Å²) >= 11 is 3.27. The maximum Gasteiger partial charge on any atom is 0.160 e. The van der Waals surface area contributed by atoms with Gasteiger partial charge in [0.05, 0.1) is 20.3 Å². The van der Waals surface area contributed by atoms with Gasteiger partial charge in [0, 0.05) is 16.5 Å². The fourth-order valence-corrected chi connectivity index (χ4v) is 2.77. The van der Waals surface area contributed by atoms with Crippen molar-refractivity contribution < 1.29 is 19.0 Å². The summed E-state index contributed by atoms with van der Waals surface area (Å²) in [5.74, 6) is 0.759. The number of hydrogen-bond donors (Lipinski definition) is 1. The summed E-state index contributed by atoms with van der Waals surface area (Å²) < 4.78 is 24.8. The number of aliphatic hydroxyl groups is 1. The first-order chi connectivity index (χ1) is 10.1. The van der Waals surface area contributed by atoms with E-state index in [-0.39, 0.29) is 12.0 Å². The third-order valence-corrected chi connectivity index (χ3v) is 3.90. The van der Waals surface area contributed by atoms with Crippen LogP contribution in [0.4, 0.5) is 4.39 Å². The number of aliphatic hydroxyl groups excluding tert-OH is 1. The standard InChI is InChI=1S/C16H16BrFO3/c1-20-14-7-6-10(9-15(14)21-2)8-13(19)16-11(17)4-3-5-12(16)18/h3-7,9,13,19H,8H2,1-2H3. The maximum atomic E-state index is 13.8. The summed E-state index contributed by atoms with van der Waals surface area (Å²) in [7, 11) is 3.11. The fourth-order valence-electron chi connectivity index (χ4n) is 2.16. The molecule has 1 unspecified atom stereocenters. The molecule has 0 saturated heterocycles. The van der Waals surface area contributed by atoms with E-state index in [2.05, 4.69) is 15.9 Å². The maximum absolute atomic E-state index is 13.8. The molecular formula is C16H16BrFO3. The van der Waals surface area contributed by atoms with Crippen LogP contribution in [0.5, 0.6) is 11.5 Å². The van der Waals surface area contributed by atoms with Crippen molar-refractivity contribution in [2.24, 2.45) is 0 Å². The van der Waals surface area contributed by atoms with Gasteiger partial charge in [-0.3, -0.25) is 0 Å². The summed E-state index contributed by atoms with van der Waals surface area (Å²) in [6.45, 7) is 0. The molecule has 2 aromatic rings. The van der Waals surface area contributed by atoms with Crippen molar-refractivity contribution in [2.75, 3.05) is 14.2 Å². The van der Waals surface area contributed by atoms with E-state index < -0.39 is 11.9 Å². The molecule has 0 aliphatic heterocycles. The molecule has 2 aromatic carbocycles. The van der Waals surface area contributed by atoms with E-state index in [1.54, 1.807) is 38.5 Å². The van der Waals surface area contributed by atoms with Crippen LogP contribution in [0.15, 0.2) is 40.9 Å². The minimum Gasteiger partial charge on any atom is -0.493 e. The molecule has 0 aliphatic rings. The van der Waals surface area contributed by atoms with Crippen molar-refractivity contribution in [2.45, 2.75) is 12.5 Å². The van der Waals surface area contributed by atoms with Gasteiger partial charge in [-0.1, -0.05) is 28.1 Å². The Hall–Kier alpha value is -1.59. The largest absolute Gasteiger partial charge is 0.493 e. The van der Waals surface area contributed by atoms with Gasteiger partial charge in [0.15, 0.2) is 11.5 Å². The average Bonchev–Trinajstić information content (AvgIpc) is 2.46. The Bertz CT molecular complexity index is 611. The van der Waals surface area contributed by atoms with E-state index in [9.17, 15) is 9.50 Å². The number of hydrogen-bond acceptors (Lipinski definition) is 3. The molecule has 1 atom stereocenters. The Balaban J connectivity index is 2.25. The first-order valence-corrected chi connectivity index (χ1v) is 7.19. The van der Waals surface area contributed by atoms with Gasteiger partial charge in [-0.2, -0.15) is 0 Å². The molecule has 5 heteroatoms. The van der Waals surface area contributed by atoms with Gasteiger partial charge in [0.2, 0.25) is 0 Å².